The lowest BCUT2D eigenvalue weighted by Crippen LogP contribution is -2.50. The molecule has 0 saturated carbocycles. The lowest BCUT2D eigenvalue weighted by Gasteiger charge is -2.33. The van der Waals surface area contributed by atoms with Crippen molar-refractivity contribution in [2.45, 2.75) is 45.2 Å². The van der Waals surface area contributed by atoms with Gasteiger partial charge in [-0.05, 0) is 26.2 Å². The van der Waals surface area contributed by atoms with Gasteiger partial charge in [0.1, 0.15) is 0 Å². The molecule has 0 aromatic heterocycles. The van der Waals surface area contributed by atoms with Gasteiger partial charge in [-0.25, -0.2) is 0 Å². The third-order valence-corrected chi connectivity index (χ3v) is 3.05. The number of piperidine rings is 1. The lowest BCUT2D eigenvalue weighted by atomic mass is 10.0. The number of hydrogen-bond acceptors (Lipinski definition) is 3. The van der Waals surface area contributed by atoms with Gasteiger partial charge in [0.15, 0.2) is 0 Å². The molecule has 5 heteroatoms. The molecule has 1 aliphatic rings. The number of nitrogens with zero attached hydrogens (tertiary/aromatic N) is 1. The van der Waals surface area contributed by atoms with Crippen LogP contribution in [0.25, 0.3) is 0 Å². The summed E-state index contributed by atoms with van der Waals surface area (Å²) in [6.45, 7) is 6.70. The van der Waals surface area contributed by atoms with Gasteiger partial charge in [-0.15, -0.1) is 12.4 Å². The maximum Gasteiger partial charge on any atom is 0.237 e. The number of amides is 1. The molecule has 1 amide bonds. The summed E-state index contributed by atoms with van der Waals surface area (Å²) in [5.41, 5.74) is 5.83. The highest BCUT2D eigenvalue weighted by molar-refractivity contribution is 5.85. The van der Waals surface area contributed by atoms with Crippen molar-refractivity contribution in [3.63, 3.8) is 0 Å². The summed E-state index contributed by atoms with van der Waals surface area (Å²) in [5.74, 6) is 0.146. The normalized spacial score (nSPS) is 19.9. The van der Waals surface area contributed by atoms with Crippen molar-refractivity contribution in [3.05, 3.63) is 0 Å². The molecular weight excluding hydrogens is 226 g/mol. The van der Waals surface area contributed by atoms with Crippen molar-refractivity contribution in [1.82, 2.24) is 10.2 Å². The number of nitrogens with two attached hydrogens (primary N) is 1. The van der Waals surface area contributed by atoms with Gasteiger partial charge < -0.3 is 11.1 Å². The summed E-state index contributed by atoms with van der Waals surface area (Å²) in [7, 11) is 0. The minimum absolute atomic E-state index is 0. The molecule has 96 valence electrons. The molecule has 0 aliphatic carbocycles. The molecule has 1 atom stereocenters. The van der Waals surface area contributed by atoms with Gasteiger partial charge in [0.05, 0.1) is 6.04 Å². The van der Waals surface area contributed by atoms with E-state index in [9.17, 15) is 4.79 Å². The lowest BCUT2D eigenvalue weighted by molar-refractivity contribution is -0.126. The van der Waals surface area contributed by atoms with Crippen molar-refractivity contribution >= 4 is 18.3 Å². The second-order valence-corrected chi connectivity index (χ2v) is 4.34. The zero-order valence-corrected chi connectivity index (χ0v) is 11.1. The average Bonchev–Trinajstić information content (AvgIpc) is 2.26. The van der Waals surface area contributed by atoms with Crippen LogP contribution in [0, 0.1) is 0 Å². The number of halogens is 1. The monoisotopic (exact) mass is 249 g/mol. The molecule has 0 aromatic rings. The van der Waals surface area contributed by atoms with Crippen LogP contribution < -0.4 is 11.1 Å². The fourth-order valence-electron chi connectivity index (χ4n) is 1.87. The largest absolute Gasteiger partial charge is 0.355 e. The number of carbonyl (C=O) groups is 1. The zero-order valence-electron chi connectivity index (χ0n) is 10.2. The Hall–Kier alpha value is -0.320. The number of likely N-dealkylation sites (tertiary alicyclic amines) is 1. The van der Waals surface area contributed by atoms with Crippen molar-refractivity contribution in [2.24, 2.45) is 5.73 Å². The van der Waals surface area contributed by atoms with Crippen LogP contribution in [0.1, 0.15) is 33.1 Å². The summed E-state index contributed by atoms with van der Waals surface area (Å²) in [5, 5.41) is 2.93. The maximum absolute atomic E-state index is 11.7. The van der Waals surface area contributed by atoms with Crippen LogP contribution in [0.4, 0.5) is 0 Å². The van der Waals surface area contributed by atoms with Crippen LogP contribution in [-0.4, -0.2) is 42.5 Å². The van der Waals surface area contributed by atoms with Gasteiger partial charge in [0.2, 0.25) is 5.91 Å². The van der Waals surface area contributed by atoms with Crippen LogP contribution in [-0.2, 0) is 4.79 Å². The first-order valence-corrected chi connectivity index (χ1v) is 5.92. The minimum Gasteiger partial charge on any atom is -0.355 e. The Morgan fingerprint density at radius 3 is 2.56 bits per heavy atom. The van der Waals surface area contributed by atoms with Gasteiger partial charge in [-0.3, -0.25) is 9.69 Å². The third-order valence-electron chi connectivity index (χ3n) is 3.05. The Kier molecular flexibility index (Phi) is 7.72. The molecular formula is C11H24ClN3O. The predicted molar refractivity (Wildman–Crippen MR) is 68.8 cm³/mol. The van der Waals surface area contributed by atoms with Crippen molar-refractivity contribution < 1.29 is 4.79 Å². The summed E-state index contributed by atoms with van der Waals surface area (Å²) in [4.78, 5) is 13.9. The molecule has 1 rings (SSSR count). The van der Waals surface area contributed by atoms with Crippen LogP contribution in [0.15, 0.2) is 0 Å². The Morgan fingerprint density at radius 2 is 2.06 bits per heavy atom. The van der Waals surface area contributed by atoms with E-state index in [1.807, 2.05) is 6.92 Å². The van der Waals surface area contributed by atoms with E-state index in [1.165, 1.54) is 0 Å². The molecule has 0 radical (unpaired) electrons. The Balaban J connectivity index is 0.00000225. The van der Waals surface area contributed by atoms with E-state index in [4.69, 9.17) is 5.73 Å². The highest BCUT2D eigenvalue weighted by atomic mass is 35.5. The van der Waals surface area contributed by atoms with Gasteiger partial charge in [0.25, 0.3) is 0 Å². The maximum atomic E-state index is 11.7. The first kappa shape index (κ1) is 15.7. The van der Waals surface area contributed by atoms with E-state index in [-0.39, 0.29) is 24.4 Å². The van der Waals surface area contributed by atoms with E-state index < -0.39 is 0 Å². The van der Waals surface area contributed by atoms with Crippen LogP contribution in [0.5, 0.6) is 0 Å². The van der Waals surface area contributed by atoms with Gasteiger partial charge in [0, 0.05) is 25.7 Å². The Labute approximate surface area is 104 Å². The Bertz CT molecular complexity index is 205. The number of hydrogen-bond donors (Lipinski definition) is 2. The molecule has 0 spiro atoms. The summed E-state index contributed by atoms with van der Waals surface area (Å²) in [6.07, 6.45) is 3.00. The summed E-state index contributed by atoms with van der Waals surface area (Å²) >= 11 is 0. The molecule has 0 bridgehead atoms. The van der Waals surface area contributed by atoms with Gasteiger partial charge in [-0.2, -0.15) is 0 Å². The third kappa shape index (κ3) is 4.68. The minimum atomic E-state index is -0.0101. The van der Waals surface area contributed by atoms with Crippen LogP contribution in [0.2, 0.25) is 0 Å². The first-order chi connectivity index (χ1) is 7.15. The molecule has 3 N–H and O–H groups in total. The number of nitrogens with one attached hydrogen (secondary N) is 1. The molecule has 1 saturated heterocycles. The molecule has 1 fully saturated rings. The van der Waals surface area contributed by atoms with Crippen molar-refractivity contribution in [1.29, 1.82) is 0 Å². The summed E-state index contributed by atoms with van der Waals surface area (Å²) < 4.78 is 0. The number of rotatable bonds is 4. The Morgan fingerprint density at radius 1 is 1.50 bits per heavy atom. The molecule has 16 heavy (non-hydrogen) atoms. The van der Waals surface area contributed by atoms with Crippen LogP contribution >= 0.6 is 12.4 Å². The predicted octanol–water partition coefficient (Wildman–Crippen LogP) is 0.746. The van der Waals surface area contributed by atoms with E-state index in [0.29, 0.717) is 6.04 Å². The van der Waals surface area contributed by atoms with Gasteiger partial charge in [-0.1, -0.05) is 6.92 Å². The average molecular weight is 250 g/mol. The smallest absolute Gasteiger partial charge is 0.237 e. The van der Waals surface area contributed by atoms with Crippen molar-refractivity contribution in [3.8, 4) is 0 Å². The van der Waals surface area contributed by atoms with Crippen molar-refractivity contribution in [2.75, 3.05) is 19.6 Å². The van der Waals surface area contributed by atoms with Gasteiger partial charge >= 0.3 is 0 Å². The van der Waals surface area contributed by atoms with E-state index >= 15 is 0 Å². The van der Waals surface area contributed by atoms with E-state index in [0.717, 1.165) is 38.9 Å². The topological polar surface area (TPSA) is 58.4 Å². The highest BCUT2D eigenvalue weighted by Crippen LogP contribution is 2.11. The standard InChI is InChI=1S/C11H23N3O.ClH/c1-3-6-13-11(15)9(2)14-7-4-10(12)5-8-14;/h9-10H,3-8,12H2,1-2H3,(H,13,15);1H. The second kappa shape index (κ2) is 7.87. The fourth-order valence-corrected chi connectivity index (χ4v) is 1.87. The fraction of sp³-hybridized carbons (Fsp3) is 0.909. The molecule has 4 nitrogen and oxygen atoms in total. The highest BCUT2D eigenvalue weighted by Gasteiger charge is 2.24. The SMILES string of the molecule is CCCNC(=O)C(C)N1CCC(N)CC1.Cl. The quantitative estimate of drug-likeness (QED) is 0.773. The molecule has 1 unspecified atom stereocenters. The zero-order chi connectivity index (χ0) is 11.3. The molecule has 0 aromatic carbocycles. The molecule has 1 aliphatic heterocycles. The number of carbonyl (C=O) groups excluding carboxylic acids is 1. The van der Waals surface area contributed by atoms with Crippen LogP contribution in [0.3, 0.4) is 0 Å². The van der Waals surface area contributed by atoms with E-state index in [2.05, 4.69) is 17.1 Å². The second-order valence-electron chi connectivity index (χ2n) is 4.34. The summed E-state index contributed by atoms with van der Waals surface area (Å²) in [6, 6.07) is 0.316. The first-order valence-electron chi connectivity index (χ1n) is 5.92. The molecule has 1 heterocycles. The van der Waals surface area contributed by atoms with E-state index in [1.54, 1.807) is 0 Å².